The second-order valence-electron chi connectivity index (χ2n) is 7.45. The Morgan fingerprint density at radius 1 is 0.824 bits per heavy atom. The highest BCUT2D eigenvalue weighted by Crippen LogP contribution is 2.34. The summed E-state index contributed by atoms with van der Waals surface area (Å²) >= 11 is 0. The zero-order chi connectivity index (χ0) is 23.8. The van der Waals surface area contributed by atoms with Gasteiger partial charge in [-0.25, -0.2) is 0 Å². The third kappa shape index (κ3) is 5.32. The number of hydrogen-bond donors (Lipinski definition) is 1. The molecule has 0 fully saturated rings. The number of rotatable bonds is 7. The van der Waals surface area contributed by atoms with Crippen LogP contribution in [0.1, 0.15) is 5.56 Å². The van der Waals surface area contributed by atoms with E-state index < -0.39 is 5.91 Å². The van der Waals surface area contributed by atoms with Crippen LogP contribution in [0.25, 0.3) is 6.08 Å². The normalized spacial score (nSPS) is 10.8. The number of nitrogens with one attached hydrogen (secondary N) is 1. The highest BCUT2D eigenvalue weighted by molar-refractivity contribution is 6.09. The summed E-state index contributed by atoms with van der Waals surface area (Å²) in [4.78, 5) is 14.8. The maximum absolute atomic E-state index is 12.6. The average Bonchev–Trinajstić information content (AvgIpc) is 2.89. The van der Waals surface area contributed by atoms with Crippen LogP contribution in [0.15, 0.2) is 115 Å². The number of ether oxygens (including phenoxy) is 1. The maximum atomic E-state index is 12.6. The SMILES string of the molecule is COc1cccc(NC(=O)C(C#N)=Cc2ccc(N(c3ccccc3)c3ccccc3)cc2)c1. The van der Waals surface area contributed by atoms with Crippen molar-refractivity contribution in [1.82, 2.24) is 0 Å². The molecule has 0 bridgehead atoms. The van der Waals surface area contributed by atoms with E-state index in [-0.39, 0.29) is 5.57 Å². The molecule has 0 saturated carbocycles. The third-order valence-corrected chi connectivity index (χ3v) is 5.18. The van der Waals surface area contributed by atoms with Crippen LogP contribution in [0, 0.1) is 11.3 Å². The molecule has 0 heterocycles. The fraction of sp³-hybridized carbons (Fsp3) is 0.0345. The van der Waals surface area contributed by atoms with E-state index in [1.54, 1.807) is 37.5 Å². The molecule has 4 rings (SSSR count). The molecule has 0 saturated heterocycles. The van der Waals surface area contributed by atoms with Gasteiger partial charge in [-0.15, -0.1) is 0 Å². The molecule has 0 aliphatic rings. The maximum Gasteiger partial charge on any atom is 0.266 e. The molecular weight excluding hydrogens is 422 g/mol. The minimum absolute atomic E-state index is 0.0125. The van der Waals surface area contributed by atoms with Crippen molar-refractivity contribution in [1.29, 1.82) is 5.26 Å². The van der Waals surface area contributed by atoms with E-state index in [1.807, 2.05) is 66.7 Å². The number of nitrogens with zero attached hydrogens (tertiary/aromatic N) is 2. The zero-order valence-electron chi connectivity index (χ0n) is 18.7. The molecule has 5 heteroatoms. The van der Waals surface area contributed by atoms with E-state index in [0.717, 1.165) is 22.6 Å². The Balaban J connectivity index is 1.59. The standard InChI is InChI=1S/C29H23N3O2/c1-34-28-14-8-9-24(20-28)31-29(33)23(21-30)19-22-15-17-27(18-16-22)32(25-10-4-2-5-11-25)26-12-6-3-7-13-26/h2-20H,1H3,(H,31,33). The van der Waals surface area contributed by atoms with Gasteiger partial charge >= 0.3 is 0 Å². The lowest BCUT2D eigenvalue weighted by atomic mass is 10.1. The van der Waals surface area contributed by atoms with Gasteiger partial charge in [0, 0.05) is 28.8 Å². The fourth-order valence-electron chi connectivity index (χ4n) is 3.54. The number of amides is 1. The number of hydrogen-bond acceptors (Lipinski definition) is 4. The van der Waals surface area contributed by atoms with Crippen LogP contribution < -0.4 is 15.0 Å². The summed E-state index contributed by atoms with van der Waals surface area (Å²) in [5.41, 5.74) is 4.36. The Morgan fingerprint density at radius 3 is 1.97 bits per heavy atom. The summed E-state index contributed by atoms with van der Waals surface area (Å²) in [5.74, 6) is 0.146. The van der Waals surface area contributed by atoms with Gasteiger partial charge in [0.25, 0.3) is 5.91 Å². The smallest absolute Gasteiger partial charge is 0.266 e. The summed E-state index contributed by atoms with van der Waals surface area (Å²) in [6, 6.07) is 36.9. The van der Waals surface area contributed by atoms with Crippen LogP contribution in [0.5, 0.6) is 5.75 Å². The van der Waals surface area contributed by atoms with Crippen LogP contribution in [-0.4, -0.2) is 13.0 Å². The minimum Gasteiger partial charge on any atom is -0.497 e. The lowest BCUT2D eigenvalue weighted by Crippen LogP contribution is -2.13. The van der Waals surface area contributed by atoms with Crippen LogP contribution in [0.4, 0.5) is 22.7 Å². The van der Waals surface area contributed by atoms with Crippen LogP contribution in [0.3, 0.4) is 0 Å². The summed E-state index contributed by atoms with van der Waals surface area (Å²) in [7, 11) is 1.56. The Bertz CT molecular complexity index is 1290. The minimum atomic E-state index is -0.477. The van der Waals surface area contributed by atoms with E-state index in [0.29, 0.717) is 11.4 Å². The van der Waals surface area contributed by atoms with Crippen molar-refractivity contribution in [3.8, 4) is 11.8 Å². The van der Waals surface area contributed by atoms with Gasteiger partial charge in [0.1, 0.15) is 17.4 Å². The molecule has 4 aromatic carbocycles. The Labute approximate surface area is 199 Å². The predicted molar refractivity (Wildman–Crippen MR) is 136 cm³/mol. The number of carbonyl (C=O) groups is 1. The van der Waals surface area contributed by atoms with Crippen LogP contribution in [0.2, 0.25) is 0 Å². The number of methoxy groups -OCH3 is 1. The van der Waals surface area contributed by atoms with Gasteiger partial charge < -0.3 is 15.0 Å². The molecule has 0 unspecified atom stereocenters. The average molecular weight is 446 g/mol. The first-order valence-corrected chi connectivity index (χ1v) is 10.8. The molecular formula is C29H23N3O2. The molecule has 1 N–H and O–H groups in total. The number of para-hydroxylation sites is 2. The number of benzene rings is 4. The quantitative estimate of drug-likeness (QED) is 0.254. The molecule has 0 atom stereocenters. The second kappa shape index (κ2) is 10.7. The lowest BCUT2D eigenvalue weighted by Gasteiger charge is -2.25. The van der Waals surface area contributed by atoms with Crippen molar-refractivity contribution in [2.75, 3.05) is 17.3 Å². The first kappa shape index (κ1) is 22.4. The van der Waals surface area contributed by atoms with Crippen molar-refractivity contribution in [3.05, 3.63) is 120 Å². The molecule has 0 spiro atoms. The van der Waals surface area contributed by atoms with Crippen molar-refractivity contribution >= 4 is 34.7 Å². The largest absolute Gasteiger partial charge is 0.497 e. The van der Waals surface area contributed by atoms with Gasteiger partial charge in [-0.05, 0) is 60.2 Å². The van der Waals surface area contributed by atoms with E-state index in [1.165, 1.54) is 0 Å². The molecule has 34 heavy (non-hydrogen) atoms. The Morgan fingerprint density at radius 2 is 1.41 bits per heavy atom. The van der Waals surface area contributed by atoms with Gasteiger partial charge in [0.15, 0.2) is 0 Å². The number of nitriles is 1. The molecule has 0 radical (unpaired) electrons. The molecule has 4 aromatic rings. The Hall–Kier alpha value is -4.82. The highest BCUT2D eigenvalue weighted by Gasteiger charge is 2.13. The molecule has 0 aliphatic heterocycles. The highest BCUT2D eigenvalue weighted by atomic mass is 16.5. The summed E-state index contributed by atoms with van der Waals surface area (Å²) in [6.45, 7) is 0. The van der Waals surface area contributed by atoms with E-state index in [4.69, 9.17) is 4.74 Å². The van der Waals surface area contributed by atoms with Crippen molar-refractivity contribution in [2.45, 2.75) is 0 Å². The monoisotopic (exact) mass is 445 g/mol. The van der Waals surface area contributed by atoms with Gasteiger partial charge in [0.2, 0.25) is 0 Å². The molecule has 166 valence electrons. The summed E-state index contributed by atoms with van der Waals surface area (Å²) in [5, 5.41) is 12.3. The van der Waals surface area contributed by atoms with Crippen LogP contribution >= 0.6 is 0 Å². The van der Waals surface area contributed by atoms with Crippen LogP contribution in [-0.2, 0) is 4.79 Å². The van der Waals surface area contributed by atoms with Crippen molar-refractivity contribution < 1.29 is 9.53 Å². The van der Waals surface area contributed by atoms with Gasteiger partial charge in [-0.2, -0.15) is 5.26 Å². The zero-order valence-corrected chi connectivity index (χ0v) is 18.7. The molecule has 5 nitrogen and oxygen atoms in total. The molecule has 0 aromatic heterocycles. The van der Waals surface area contributed by atoms with Gasteiger partial charge in [-0.1, -0.05) is 54.6 Å². The Kier molecular flexibility index (Phi) is 7.02. The topological polar surface area (TPSA) is 65.4 Å². The third-order valence-electron chi connectivity index (χ3n) is 5.18. The predicted octanol–water partition coefficient (Wildman–Crippen LogP) is 6.71. The summed E-state index contributed by atoms with van der Waals surface area (Å²) < 4.78 is 5.18. The number of anilines is 4. The lowest BCUT2D eigenvalue weighted by molar-refractivity contribution is -0.112. The first-order chi connectivity index (χ1) is 16.7. The fourth-order valence-corrected chi connectivity index (χ4v) is 3.54. The second-order valence-corrected chi connectivity index (χ2v) is 7.45. The molecule has 1 amide bonds. The van der Waals surface area contributed by atoms with Gasteiger partial charge in [0.05, 0.1) is 7.11 Å². The van der Waals surface area contributed by atoms with Crippen molar-refractivity contribution in [3.63, 3.8) is 0 Å². The number of carbonyl (C=O) groups excluding carboxylic acids is 1. The van der Waals surface area contributed by atoms with E-state index in [9.17, 15) is 10.1 Å². The van der Waals surface area contributed by atoms with E-state index in [2.05, 4.69) is 34.5 Å². The first-order valence-electron chi connectivity index (χ1n) is 10.8. The summed E-state index contributed by atoms with van der Waals surface area (Å²) in [6.07, 6.45) is 1.58. The van der Waals surface area contributed by atoms with E-state index >= 15 is 0 Å². The molecule has 0 aliphatic carbocycles. The van der Waals surface area contributed by atoms with Crippen molar-refractivity contribution in [2.24, 2.45) is 0 Å². The van der Waals surface area contributed by atoms with Gasteiger partial charge in [-0.3, -0.25) is 4.79 Å².